The molecule has 1 aliphatic carbocycles. The molecule has 2 N–H and O–H groups in total. The molecule has 7 nitrogen and oxygen atoms in total. The van der Waals surface area contributed by atoms with Gasteiger partial charge < -0.3 is 20.1 Å². The van der Waals surface area contributed by atoms with Crippen LogP contribution in [0.5, 0.6) is 0 Å². The second-order valence-electron chi connectivity index (χ2n) is 9.72. The number of rotatable bonds is 5. The first-order valence-corrected chi connectivity index (χ1v) is 11.2. The molecule has 0 radical (unpaired) electrons. The fourth-order valence-electron chi connectivity index (χ4n) is 4.78. The SMILES string of the molecule is CC(C)(C)OC(=O)NCC1CCC(C(=O)N2CCC(c3ccccc3)C2C(=O)O)CC1. The predicted octanol–water partition coefficient (Wildman–Crippen LogP) is 3.79. The lowest BCUT2D eigenvalue weighted by Crippen LogP contribution is -2.46. The Morgan fingerprint density at radius 3 is 2.29 bits per heavy atom. The molecule has 1 saturated heterocycles. The highest BCUT2D eigenvalue weighted by Gasteiger charge is 2.44. The van der Waals surface area contributed by atoms with Crippen LogP contribution in [0.2, 0.25) is 0 Å². The molecule has 2 unspecified atom stereocenters. The van der Waals surface area contributed by atoms with Gasteiger partial charge in [0.1, 0.15) is 11.6 Å². The molecule has 1 aliphatic heterocycles. The van der Waals surface area contributed by atoms with Crippen LogP contribution in [0.4, 0.5) is 4.79 Å². The van der Waals surface area contributed by atoms with Crippen molar-refractivity contribution in [2.24, 2.45) is 11.8 Å². The summed E-state index contributed by atoms with van der Waals surface area (Å²) >= 11 is 0. The Labute approximate surface area is 184 Å². The zero-order valence-corrected chi connectivity index (χ0v) is 18.7. The van der Waals surface area contributed by atoms with E-state index in [2.05, 4.69) is 5.32 Å². The number of carbonyl (C=O) groups is 3. The van der Waals surface area contributed by atoms with Crippen molar-refractivity contribution in [3.63, 3.8) is 0 Å². The third-order valence-corrected chi connectivity index (χ3v) is 6.29. The van der Waals surface area contributed by atoms with Crippen molar-refractivity contribution >= 4 is 18.0 Å². The molecule has 31 heavy (non-hydrogen) atoms. The summed E-state index contributed by atoms with van der Waals surface area (Å²) in [6.07, 6.45) is 3.36. The number of carboxylic acids is 1. The summed E-state index contributed by atoms with van der Waals surface area (Å²) in [5.41, 5.74) is 0.449. The lowest BCUT2D eigenvalue weighted by molar-refractivity contribution is -0.151. The number of benzene rings is 1. The van der Waals surface area contributed by atoms with Gasteiger partial charge in [0.15, 0.2) is 0 Å². The molecule has 7 heteroatoms. The molecule has 0 spiro atoms. The summed E-state index contributed by atoms with van der Waals surface area (Å²) in [7, 11) is 0. The van der Waals surface area contributed by atoms with Gasteiger partial charge in [0.25, 0.3) is 0 Å². The highest BCUT2D eigenvalue weighted by Crippen LogP contribution is 2.37. The van der Waals surface area contributed by atoms with Crippen LogP contribution in [-0.2, 0) is 14.3 Å². The van der Waals surface area contributed by atoms with E-state index >= 15 is 0 Å². The quantitative estimate of drug-likeness (QED) is 0.741. The van der Waals surface area contributed by atoms with Gasteiger partial charge in [-0.3, -0.25) is 4.79 Å². The fraction of sp³-hybridized carbons (Fsp3) is 0.625. The van der Waals surface area contributed by atoms with Crippen LogP contribution in [-0.4, -0.2) is 52.7 Å². The topological polar surface area (TPSA) is 95.9 Å². The summed E-state index contributed by atoms with van der Waals surface area (Å²) in [6.45, 7) is 6.50. The Hall–Kier alpha value is -2.57. The van der Waals surface area contributed by atoms with E-state index in [1.165, 1.54) is 0 Å². The monoisotopic (exact) mass is 430 g/mol. The summed E-state index contributed by atoms with van der Waals surface area (Å²) in [5.74, 6) is -0.979. The number of nitrogens with one attached hydrogen (secondary N) is 1. The Morgan fingerprint density at radius 2 is 1.71 bits per heavy atom. The van der Waals surface area contributed by atoms with Crippen LogP contribution in [0.3, 0.4) is 0 Å². The van der Waals surface area contributed by atoms with Crippen LogP contribution in [0.25, 0.3) is 0 Å². The van der Waals surface area contributed by atoms with Gasteiger partial charge in [0.2, 0.25) is 5.91 Å². The number of aliphatic carboxylic acids is 1. The smallest absolute Gasteiger partial charge is 0.407 e. The molecule has 2 amide bonds. The van der Waals surface area contributed by atoms with Crippen LogP contribution in [0.15, 0.2) is 30.3 Å². The Balaban J connectivity index is 1.53. The predicted molar refractivity (Wildman–Crippen MR) is 117 cm³/mol. The van der Waals surface area contributed by atoms with Crippen LogP contribution < -0.4 is 5.32 Å². The van der Waals surface area contributed by atoms with Crippen molar-refractivity contribution in [3.8, 4) is 0 Å². The standard InChI is InChI=1S/C24H34N2O5/c1-24(2,3)31-23(30)25-15-16-9-11-18(12-10-16)21(27)26-14-13-19(20(26)22(28)29)17-7-5-4-6-8-17/h4-8,16,18-20H,9-15H2,1-3H3,(H,25,30)(H,28,29). The maximum atomic E-state index is 13.2. The van der Waals surface area contributed by atoms with Crippen molar-refractivity contribution in [2.75, 3.05) is 13.1 Å². The average Bonchev–Trinajstić information content (AvgIpc) is 3.17. The van der Waals surface area contributed by atoms with Gasteiger partial charge in [-0.2, -0.15) is 0 Å². The molecule has 170 valence electrons. The second-order valence-corrected chi connectivity index (χ2v) is 9.72. The van der Waals surface area contributed by atoms with Gasteiger partial charge in [0.05, 0.1) is 0 Å². The molecule has 2 atom stereocenters. The van der Waals surface area contributed by atoms with E-state index in [1.807, 2.05) is 51.1 Å². The number of amides is 2. The van der Waals surface area contributed by atoms with Gasteiger partial charge in [0, 0.05) is 24.9 Å². The molecule has 1 heterocycles. The first-order chi connectivity index (χ1) is 14.7. The number of nitrogens with zero attached hydrogens (tertiary/aromatic N) is 1. The van der Waals surface area contributed by atoms with Crippen molar-refractivity contribution in [2.45, 2.75) is 70.4 Å². The Morgan fingerprint density at radius 1 is 1.06 bits per heavy atom. The van der Waals surface area contributed by atoms with E-state index in [0.29, 0.717) is 25.4 Å². The molecule has 0 bridgehead atoms. The molecular formula is C24H34N2O5. The van der Waals surface area contributed by atoms with Gasteiger partial charge >= 0.3 is 12.1 Å². The Bertz CT molecular complexity index is 781. The van der Waals surface area contributed by atoms with E-state index in [4.69, 9.17) is 4.74 Å². The van der Waals surface area contributed by atoms with Gasteiger partial charge in [-0.25, -0.2) is 9.59 Å². The van der Waals surface area contributed by atoms with Crippen LogP contribution in [0.1, 0.15) is 64.4 Å². The average molecular weight is 431 g/mol. The molecule has 2 aliphatic rings. The summed E-state index contributed by atoms with van der Waals surface area (Å²) < 4.78 is 5.27. The maximum absolute atomic E-state index is 13.2. The molecule has 3 rings (SSSR count). The van der Waals surface area contributed by atoms with E-state index in [-0.39, 0.29) is 17.7 Å². The number of likely N-dealkylation sites (tertiary alicyclic amines) is 1. The van der Waals surface area contributed by atoms with Crippen molar-refractivity contribution < 1.29 is 24.2 Å². The number of hydrogen-bond donors (Lipinski definition) is 2. The van der Waals surface area contributed by atoms with Crippen molar-refractivity contribution in [1.82, 2.24) is 10.2 Å². The summed E-state index contributed by atoms with van der Waals surface area (Å²) in [6, 6.07) is 8.81. The third kappa shape index (κ3) is 5.99. The fourth-order valence-corrected chi connectivity index (χ4v) is 4.78. The minimum Gasteiger partial charge on any atom is -0.480 e. The zero-order valence-electron chi connectivity index (χ0n) is 18.7. The van der Waals surface area contributed by atoms with Gasteiger partial charge in [-0.15, -0.1) is 0 Å². The zero-order chi connectivity index (χ0) is 22.6. The first kappa shape index (κ1) is 23.1. The van der Waals surface area contributed by atoms with Gasteiger partial charge in [-0.05, 0) is 64.4 Å². The van der Waals surface area contributed by atoms with E-state index < -0.39 is 23.7 Å². The number of carbonyl (C=O) groups excluding carboxylic acids is 2. The summed E-state index contributed by atoms with van der Waals surface area (Å²) in [4.78, 5) is 38.7. The molecule has 1 aromatic rings. The maximum Gasteiger partial charge on any atom is 0.407 e. The molecule has 1 saturated carbocycles. The first-order valence-electron chi connectivity index (χ1n) is 11.2. The minimum absolute atomic E-state index is 0.0376. The highest BCUT2D eigenvalue weighted by atomic mass is 16.6. The van der Waals surface area contributed by atoms with Gasteiger partial charge in [-0.1, -0.05) is 30.3 Å². The number of carboxylic acid groups (broad SMARTS) is 1. The molecule has 0 aromatic heterocycles. The third-order valence-electron chi connectivity index (χ3n) is 6.29. The number of hydrogen-bond acceptors (Lipinski definition) is 4. The molecule has 1 aromatic carbocycles. The minimum atomic E-state index is -0.935. The molecular weight excluding hydrogens is 396 g/mol. The van der Waals surface area contributed by atoms with Crippen molar-refractivity contribution in [1.29, 1.82) is 0 Å². The normalized spacial score (nSPS) is 26.4. The Kier molecular flexibility index (Phi) is 7.23. The number of alkyl carbamates (subject to hydrolysis) is 1. The lowest BCUT2D eigenvalue weighted by atomic mass is 9.81. The highest BCUT2D eigenvalue weighted by molar-refractivity contribution is 5.86. The number of ether oxygens (including phenoxy) is 1. The second kappa shape index (κ2) is 9.71. The summed E-state index contributed by atoms with van der Waals surface area (Å²) in [5, 5.41) is 12.7. The van der Waals surface area contributed by atoms with E-state index in [1.54, 1.807) is 4.90 Å². The molecule has 2 fully saturated rings. The lowest BCUT2D eigenvalue weighted by Gasteiger charge is -2.33. The van der Waals surface area contributed by atoms with E-state index in [0.717, 1.165) is 31.2 Å². The largest absolute Gasteiger partial charge is 0.480 e. The van der Waals surface area contributed by atoms with Crippen molar-refractivity contribution in [3.05, 3.63) is 35.9 Å². The van der Waals surface area contributed by atoms with E-state index in [9.17, 15) is 19.5 Å². The van der Waals surface area contributed by atoms with Crippen LogP contribution >= 0.6 is 0 Å². The van der Waals surface area contributed by atoms with Crippen LogP contribution in [0, 0.1) is 11.8 Å².